The van der Waals surface area contributed by atoms with Gasteiger partial charge in [-0.1, -0.05) is 6.08 Å². The smallest absolute Gasteiger partial charge is 0.135 e. The number of nitrogens with one attached hydrogen (secondary N) is 4. The maximum absolute atomic E-state index is 13.1. The van der Waals surface area contributed by atoms with Crippen LogP contribution in [0.25, 0.3) is 0 Å². The molecular weight excluding hydrogens is 341 g/mol. The number of aliphatic imine (C=N–C) groups is 1. The Balaban J connectivity index is 5.62. The Morgan fingerprint density at radius 2 is 1.96 bits per heavy atom. The van der Waals surface area contributed by atoms with E-state index >= 15 is 0 Å². The number of hydrogen-bond donors (Lipinski definition) is 4. The molecule has 5 nitrogen and oxygen atoms in total. The van der Waals surface area contributed by atoms with Crippen molar-refractivity contribution in [3.8, 4) is 0 Å². The summed E-state index contributed by atoms with van der Waals surface area (Å²) in [7, 11) is 0. The second-order valence-electron chi connectivity index (χ2n) is 5.11. The summed E-state index contributed by atoms with van der Waals surface area (Å²) in [6.45, 7) is 8.10. The Morgan fingerprint density at radius 3 is 2.44 bits per heavy atom. The van der Waals surface area contributed by atoms with Gasteiger partial charge in [-0.15, -0.1) is 11.6 Å². The highest BCUT2D eigenvalue weighted by Crippen LogP contribution is 2.12. The normalized spacial score (nSPS) is 14.4. The minimum atomic E-state index is -0.327. The van der Waals surface area contributed by atoms with E-state index in [0.717, 1.165) is 18.5 Å². The van der Waals surface area contributed by atoms with Crippen molar-refractivity contribution in [3.05, 3.63) is 47.0 Å². The van der Waals surface area contributed by atoms with Gasteiger partial charge in [-0.3, -0.25) is 5.41 Å². The molecule has 0 aliphatic carbocycles. The number of allylic oxidation sites excluding steroid dienone is 4. The Kier molecular flexibility index (Phi) is 12.0. The first-order chi connectivity index (χ1) is 11.9. The van der Waals surface area contributed by atoms with Crippen molar-refractivity contribution in [2.24, 2.45) is 4.99 Å². The molecule has 0 aromatic rings. The summed E-state index contributed by atoms with van der Waals surface area (Å²) in [5.41, 5.74) is 2.53. The van der Waals surface area contributed by atoms with Gasteiger partial charge in [0.2, 0.25) is 0 Å². The average Bonchev–Trinajstić information content (AvgIpc) is 2.60. The number of nitrogens with zero attached hydrogens (tertiary/aromatic N) is 1. The summed E-state index contributed by atoms with van der Waals surface area (Å²) < 4.78 is 13.1. The van der Waals surface area contributed by atoms with Crippen LogP contribution in [-0.2, 0) is 0 Å². The molecule has 138 valence electrons. The quantitative estimate of drug-likeness (QED) is 0.203. The molecule has 0 rings (SSSR count). The van der Waals surface area contributed by atoms with Gasteiger partial charge < -0.3 is 16.0 Å². The van der Waals surface area contributed by atoms with Gasteiger partial charge in [0.1, 0.15) is 12.2 Å². The van der Waals surface area contributed by atoms with Crippen LogP contribution in [0.2, 0.25) is 0 Å². The fourth-order valence-electron chi connectivity index (χ4n) is 1.76. The first kappa shape index (κ1) is 22.8. The third-order valence-corrected chi connectivity index (χ3v) is 3.50. The van der Waals surface area contributed by atoms with Gasteiger partial charge >= 0.3 is 0 Å². The van der Waals surface area contributed by atoms with Gasteiger partial charge in [-0.25, -0.2) is 9.38 Å². The lowest BCUT2D eigenvalue weighted by molar-refractivity contribution is 0.640. The Morgan fingerprint density at radius 1 is 1.28 bits per heavy atom. The zero-order valence-electron chi connectivity index (χ0n) is 15.2. The van der Waals surface area contributed by atoms with Gasteiger partial charge in [-0.05, 0) is 45.4 Å². The van der Waals surface area contributed by atoms with E-state index in [4.69, 9.17) is 22.4 Å². The Labute approximate surface area is 154 Å². The SMILES string of the molecule is C\C=C(C)/C(=C\C=C(/C)F)C(=N/C=N)/NC/C(=C/NCC)C(=N)CCl. The highest BCUT2D eigenvalue weighted by molar-refractivity contribution is 6.31. The molecule has 4 N–H and O–H groups in total. The maximum Gasteiger partial charge on any atom is 0.135 e. The van der Waals surface area contributed by atoms with Gasteiger partial charge in [-0.2, -0.15) is 0 Å². The maximum atomic E-state index is 13.1. The standard InChI is InChI=1S/C18H27ClFN5/c1-5-13(3)16(8-7-14(4)20)18(25-12-21)24-11-15(10-23-6-2)17(22)9-19/h5,7-8,10,12,22-23H,6,9,11H2,1-4H3,(H2,21,24,25)/b13-5-,14-7+,15-10-,16-8+,22-17?. The molecule has 0 aliphatic heterocycles. The van der Waals surface area contributed by atoms with E-state index in [1.165, 1.54) is 13.0 Å². The molecule has 0 heterocycles. The lowest BCUT2D eigenvalue weighted by atomic mass is 10.0. The minimum Gasteiger partial charge on any atom is -0.391 e. The van der Waals surface area contributed by atoms with Crippen molar-refractivity contribution in [3.63, 3.8) is 0 Å². The molecule has 0 bridgehead atoms. The summed E-state index contributed by atoms with van der Waals surface area (Å²) in [6.07, 6.45) is 7.49. The molecule has 0 amide bonds. The van der Waals surface area contributed by atoms with Crippen LogP contribution in [0.1, 0.15) is 27.7 Å². The van der Waals surface area contributed by atoms with Crippen LogP contribution in [-0.4, -0.2) is 36.9 Å². The van der Waals surface area contributed by atoms with Crippen LogP contribution >= 0.6 is 11.6 Å². The number of hydrogen-bond acceptors (Lipinski definition) is 3. The summed E-state index contributed by atoms with van der Waals surface area (Å²) in [4.78, 5) is 4.04. The molecule has 25 heavy (non-hydrogen) atoms. The van der Waals surface area contributed by atoms with E-state index in [-0.39, 0.29) is 17.4 Å². The van der Waals surface area contributed by atoms with E-state index in [1.807, 2.05) is 26.8 Å². The predicted molar refractivity (Wildman–Crippen MR) is 107 cm³/mol. The number of amidine groups is 1. The van der Waals surface area contributed by atoms with Crippen LogP contribution in [0, 0.1) is 10.8 Å². The van der Waals surface area contributed by atoms with E-state index in [1.54, 1.807) is 12.3 Å². The van der Waals surface area contributed by atoms with Gasteiger partial charge in [0, 0.05) is 30.4 Å². The van der Waals surface area contributed by atoms with Crippen molar-refractivity contribution in [2.75, 3.05) is 19.0 Å². The first-order valence-corrected chi connectivity index (χ1v) is 8.49. The molecule has 0 aromatic carbocycles. The largest absolute Gasteiger partial charge is 0.391 e. The molecule has 0 saturated carbocycles. The second-order valence-corrected chi connectivity index (χ2v) is 5.37. The fourth-order valence-corrected chi connectivity index (χ4v) is 1.93. The topological polar surface area (TPSA) is 84.1 Å². The van der Waals surface area contributed by atoms with Gasteiger partial charge in [0.15, 0.2) is 0 Å². The van der Waals surface area contributed by atoms with E-state index < -0.39 is 0 Å². The second kappa shape index (κ2) is 13.1. The number of rotatable bonds is 10. The van der Waals surface area contributed by atoms with Crippen molar-refractivity contribution in [2.45, 2.75) is 27.7 Å². The minimum absolute atomic E-state index is 0.0936. The summed E-state index contributed by atoms with van der Waals surface area (Å²) in [6, 6.07) is 0. The molecule has 0 fully saturated rings. The lowest BCUT2D eigenvalue weighted by Crippen LogP contribution is -2.31. The average molecular weight is 368 g/mol. The molecule has 0 aromatic heterocycles. The first-order valence-electron chi connectivity index (χ1n) is 7.95. The number of alkyl halides is 1. The zero-order valence-corrected chi connectivity index (χ0v) is 16.0. The summed E-state index contributed by atoms with van der Waals surface area (Å²) in [5.74, 6) is 0.191. The molecule has 0 unspecified atom stereocenters. The molecule has 0 aliphatic rings. The van der Waals surface area contributed by atoms with Gasteiger partial charge in [0.05, 0.1) is 17.4 Å². The highest BCUT2D eigenvalue weighted by Gasteiger charge is 2.11. The molecule has 7 heteroatoms. The number of halogens is 2. The highest BCUT2D eigenvalue weighted by atomic mass is 35.5. The molecule has 0 radical (unpaired) electrons. The van der Waals surface area contributed by atoms with Crippen molar-refractivity contribution >= 4 is 29.5 Å². The van der Waals surface area contributed by atoms with Crippen LogP contribution in [0.5, 0.6) is 0 Å². The van der Waals surface area contributed by atoms with E-state index in [9.17, 15) is 4.39 Å². The lowest BCUT2D eigenvalue weighted by Gasteiger charge is -2.15. The third kappa shape index (κ3) is 9.00. The monoisotopic (exact) mass is 367 g/mol. The molecule has 0 saturated heterocycles. The van der Waals surface area contributed by atoms with Crippen LogP contribution in [0.15, 0.2) is 52.0 Å². The van der Waals surface area contributed by atoms with Crippen molar-refractivity contribution in [1.29, 1.82) is 10.8 Å². The van der Waals surface area contributed by atoms with E-state index in [2.05, 4.69) is 15.6 Å². The Bertz CT molecular complexity index is 611. The molecule has 0 spiro atoms. The molecule has 0 atom stereocenters. The zero-order chi connectivity index (χ0) is 19.2. The fraction of sp³-hybridized carbons (Fsp3) is 0.389. The molecular formula is C18H27ClFN5. The van der Waals surface area contributed by atoms with Crippen LogP contribution in [0.4, 0.5) is 4.39 Å². The van der Waals surface area contributed by atoms with Crippen LogP contribution in [0.3, 0.4) is 0 Å². The van der Waals surface area contributed by atoms with Crippen LogP contribution < -0.4 is 10.6 Å². The summed E-state index contributed by atoms with van der Waals surface area (Å²) >= 11 is 5.76. The van der Waals surface area contributed by atoms with Crippen molar-refractivity contribution in [1.82, 2.24) is 10.6 Å². The predicted octanol–water partition coefficient (Wildman–Crippen LogP) is 4.10. The third-order valence-electron chi connectivity index (χ3n) is 3.23. The van der Waals surface area contributed by atoms with E-state index in [0.29, 0.717) is 23.5 Å². The summed E-state index contributed by atoms with van der Waals surface area (Å²) in [5, 5.41) is 21.4. The Hall–Kier alpha value is -2.21. The van der Waals surface area contributed by atoms with Gasteiger partial charge in [0.25, 0.3) is 0 Å². The van der Waals surface area contributed by atoms with Crippen molar-refractivity contribution < 1.29 is 4.39 Å².